The molecule has 0 radical (unpaired) electrons. The van der Waals surface area contributed by atoms with E-state index in [-0.39, 0.29) is 0 Å². The molecule has 0 aliphatic carbocycles. The molecule has 0 N–H and O–H groups in total. The number of aryl methyl sites for hydroxylation is 1. The van der Waals surface area contributed by atoms with Gasteiger partial charge in [-0.3, -0.25) is 0 Å². The third kappa shape index (κ3) is 3.84. The van der Waals surface area contributed by atoms with Crippen molar-refractivity contribution in [3.8, 4) is 5.75 Å². The van der Waals surface area contributed by atoms with Crippen molar-refractivity contribution in [1.29, 1.82) is 0 Å². The summed E-state index contributed by atoms with van der Waals surface area (Å²) in [5, 5.41) is 0. The lowest BCUT2D eigenvalue weighted by molar-refractivity contribution is 0.413. The molecule has 0 spiro atoms. The molecule has 1 aromatic heterocycles. The number of nitrogens with zero attached hydrogens (tertiary/aromatic N) is 5. The standard InChI is InChI=1S/C20H29N5O/c1-5-23(6-2)19-15-16(3)21-20(22-19)25-13-11-24(12-14-25)17-9-7-8-10-18(17)26-4/h7-10,15H,5-6,11-14H2,1-4H3. The van der Waals surface area contributed by atoms with E-state index in [1.165, 1.54) is 0 Å². The fraction of sp³-hybridized carbons (Fsp3) is 0.500. The Bertz CT molecular complexity index is 724. The molecular weight excluding hydrogens is 326 g/mol. The van der Waals surface area contributed by atoms with Gasteiger partial charge in [-0.25, -0.2) is 4.98 Å². The number of hydrogen-bond acceptors (Lipinski definition) is 6. The minimum Gasteiger partial charge on any atom is -0.495 e. The SMILES string of the molecule is CCN(CC)c1cc(C)nc(N2CCN(c3ccccc3OC)CC2)n1. The van der Waals surface area contributed by atoms with Gasteiger partial charge in [-0.05, 0) is 32.9 Å². The van der Waals surface area contributed by atoms with Gasteiger partial charge in [0.25, 0.3) is 0 Å². The first-order chi connectivity index (χ1) is 12.7. The van der Waals surface area contributed by atoms with Crippen molar-refractivity contribution in [2.45, 2.75) is 20.8 Å². The molecule has 1 aliphatic rings. The summed E-state index contributed by atoms with van der Waals surface area (Å²) in [5.41, 5.74) is 2.17. The Morgan fingerprint density at radius 3 is 2.31 bits per heavy atom. The zero-order chi connectivity index (χ0) is 18.5. The molecule has 1 aromatic carbocycles. The highest BCUT2D eigenvalue weighted by atomic mass is 16.5. The first kappa shape index (κ1) is 18.3. The first-order valence-electron chi connectivity index (χ1n) is 9.39. The summed E-state index contributed by atoms with van der Waals surface area (Å²) in [6.45, 7) is 11.9. The van der Waals surface area contributed by atoms with Crippen molar-refractivity contribution in [2.75, 3.05) is 61.1 Å². The van der Waals surface area contributed by atoms with Crippen molar-refractivity contribution in [2.24, 2.45) is 0 Å². The van der Waals surface area contributed by atoms with Crippen molar-refractivity contribution in [1.82, 2.24) is 9.97 Å². The lowest BCUT2D eigenvalue weighted by Gasteiger charge is -2.37. The summed E-state index contributed by atoms with van der Waals surface area (Å²) < 4.78 is 5.51. The molecular formula is C20H29N5O. The van der Waals surface area contributed by atoms with Crippen LogP contribution in [0.4, 0.5) is 17.5 Å². The minimum atomic E-state index is 0.839. The Morgan fingerprint density at radius 2 is 1.65 bits per heavy atom. The lowest BCUT2D eigenvalue weighted by atomic mass is 10.2. The third-order valence-electron chi connectivity index (χ3n) is 4.90. The van der Waals surface area contributed by atoms with Crippen molar-refractivity contribution in [3.05, 3.63) is 36.0 Å². The van der Waals surface area contributed by atoms with Crippen LogP contribution in [-0.2, 0) is 0 Å². The van der Waals surface area contributed by atoms with E-state index in [0.29, 0.717) is 0 Å². The number of rotatable bonds is 6. The Morgan fingerprint density at radius 1 is 1.00 bits per heavy atom. The summed E-state index contributed by atoms with van der Waals surface area (Å²) in [4.78, 5) is 16.4. The molecule has 26 heavy (non-hydrogen) atoms. The van der Waals surface area contributed by atoms with Gasteiger partial charge in [-0.2, -0.15) is 4.98 Å². The topological polar surface area (TPSA) is 44.7 Å². The second-order valence-electron chi connectivity index (χ2n) is 6.49. The second kappa shape index (κ2) is 8.25. The van der Waals surface area contributed by atoms with E-state index in [9.17, 15) is 0 Å². The molecule has 0 atom stereocenters. The van der Waals surface area contributed by atoms with Crippen molar-refractivity contribution < 1.29 is 4.74 Å². The number of ether oxygens (including phenoxy) is 1. The van der Waals surface area contributed by atoms with Crippen LogP contribution in [0, 0.1) is 6.92 Å². The predicted octanol–water partition coefficient (Wildman–Crippen LogP) is 2.97. The van der Waals surface area contributed by atoms with E-state index >= 15 is 0 Å². The van der Waals surface area contributed by atoms with E-state index in [1.54, 1.807) is 7.11 Å². The molecule has 6 heteroatoms. The quantitative estimate of drug-likeness (QED) is 0.794. The summed E-state index contributed by atoms with van der Waals surface area (Å²) in [7, 11) is 1.73. The highest BCUT2D eigenvalue weighted by molar-refractivity contribution is 5.59. The summed E-state index contributed by atoms with van der Waals surface area (Å²) in [6, 6.07) is 10.3. The minimum absolute atomic E-state index is 0.839. The normalized spacial score (nSPS) is 14.5. The van der Waals surface area contributed by atoms with Crippen LogP contribution in [0.2, 0.25) is 0 Å². The molecule has 2 heterocycles. The fourth-order valence-corrected chi connectivity index (χ4v) is 3.43. The number of hydrogen-bond donors (Lipinski definition) is 0. The summed E-state index contributed by atoms with van der Waals surface area (Å²) in [6.07, 6.45) is 0. The van der Waals surface area contributed by atoms with Gasteiger partial charge in [-0.1, -0.05) is 12.1 Å². The number of piperazine rings is 1. The molecule has 1 fully saturated rings. The maximum Gasteiger partial charge on any atom is 0.227 e. The highest BCUT2D eigenvalue weighted by Crippen LogP contribution is 2.29. The van der Waals surface area contributed by atoms with Crippen LogP contribution < -0.4 is 19.4 Å². The first-order valence-corrected chi connectivity index (χ1v) is 9.39. The Balaban J connectivity index is 1.74. The maximum atomic E-state index is 5.51. The number of para-hydroxylation sites is 2. The number of anilines is 3. The van der Waals surface area contributed by atoms with Crippen LogP contribution in [0.3, 0.4) is 0 Å². The molecule has 0 saturated carbocycles. The second-order valence-corrected chi connectivity index (χ2v) is 6.49. The largest absolute Gasteiger partial charge is 0.495 e. The molecule has 0 amide bonds. The van der Waals surface area contributed by atoms with Crippen LogP contribution in [0.1, 0.15) is 19.5 Å². The van der Waals surface area contributed by atoms with E-state index in [2.05, 4.69) is 51.7 Å². The Kier molecular flexibility index (Phi) is 5.81. The van der Waals surface area contributed by atoms with Crippen molar-refractivity contribution >= 4 is 17.5 Å². The molecule has 1 saturated heterocycles. The molecule has 0 bridgehead atoms. The summed E-state index contributed by atoms with van der Waals surface area (Å²) >= 11 is 0. The van der Waals surface area contributed by atoms with Gasteiger partial charge in [0.1, 0.15) is 11.6 Å². The zero-order valence-electron chi connectivity index (χ0n) is 16.3. The molecule has 2 aromatic rings. The van der Waals surface area contributed by atoms with Crippen LogP contribution in [0.5, 0.6) is 5.75 Å². The number of benzene rings is 1. The highest BCUT2D eigenvalue weighted by Gasteiger charge is 2.22. The number of methoxy groups -OCH3 is 1. The maximum absolute atomic E-state index is 5.51. The van der Waals surface area contributed by atoms with Crippen LogP contribution in [-0.4, -0.2) is 56.3 Å². The fourth-order valence-electron chi connectivity index (χ4n) is 3.43. The average Bonchev–Trinajstić information content (AvgIpc) is 2.68. The predicted molar refractivity (Wildman–Crippen MR) is 108 cm³/mol. The van der Waals surface area contributed by atoms with Gasteiger partial charge in [0.2, 0.25) is 5.95 Å². The zero-order valence-corrected chi connectivity index (χ0v) is 16.3. The molecule has 3 rings (SSSR count). The van der Waals surface area contributed by atoms with Gasteiger partial charge < -0.3 is 19.4 Å². The lowest BCUT2D eigenvalue weighted by Crippen LogP contribution is -2.47. The average molecular weight is 355 g/mol. The van der Waals surface area contributed by atoms with Crippen LogP contribution >= 0.6 is 0 Å². The Hall–Kier alpha value is -2.50. The van der Waals surface area contributed by atoms with Gasteiger partial charge >= 0.3 is 0 Å². The smallest absolute Gasteiger partial charge is 0.227 e. The van der Waals surface area contributed by atoms with Crippen molar-refractivity contribution in [3.63, 3.8) is 0 Å². The monoisotopic (exact) mass is 355 g/mol. The van der Waals surface area contributed by atoms with E-state index in [4.69, 9.17) is 9.72 Å². The van der Waals surface area contributed by atoms with Gasteiger partial charge in [0.15, 0.2) is 0 Å². The molecule has 1 aliphatic heterocycles. The molecule has 6 nitrogen and oxygen atoms in total. The number of aromatic nitrogens is 2. The van der Waals surface area contributed by atoms with Crippen LogP contribution in [0.15, 0.2) is 30.3 Å². The molecule has 140 valence electrons. The van der Waals surface area contributed by atoms with E-state index < -0.39 is 0 Å². The van der Waals surface area contributed by atoms with Crippen LogP contribution in [0.25, 0.3) is 0 Å². The van der Waals surface area contributed by atoms with Gasteiger partial charge in [0, 0.05) is 51.0 Å². The Labute approximate surface area is 156 Å². The summed E-state index contributed by atoms with van der Waals surface area (Å²) in [5.74, 6) is 2.79. The van der Waals surface area contributed by atoms with Gasteiger partial charge in [-0.15, -0.1) is 0 Å². The van der Waals surface area contributed by atoms with Gasteiger partial charge in [0.05, 0.1) is 12.8 Å². The van der Waals surface area contributed by atoms with E-state index in [1.807, 2.05) is 19.1 Å². The van der Waals surface area contributed by atoms with E-state index in [0.717, 1.165) is 68.2 Å². The molecule has 0 unspecified atom stereocenters. The third-order valence-corrected chi connectivity index (χ3v) is 4.90.